The quantitative estimate of drug-likeness (QED) is 0.742. The van der Waals surface area contributed by atoms with Crippen LogP contribution < -0.4 is 4.72 Å². The monoisotopic (exact) mass is 368 g/mol. The van der Waals surface area contributed by atoms with Gasteiger partial charge >= 0.3 is 0 Å². The van der Waals surface area contributed by atoms with Gasteiger partial charge < -0.3 is 14.5 Å². The Morgan fingerprint density at radius 2 is 2.28 bits per heavy atom. The van der Waals surface area contributed by atoms with E-state index < -0.39 is 27.8 Å². The second-order valence-corrected chi connectivity index (χ2v) is 9.16. The van der Waals surface area contributed by atoms with Crippen LogP contribution in [0.5, 0.6) is 0 Å². The first-order valence-corrected chi connectivity index (χ1v) is 10.2. The van der Waals surface area contributed by atoms with Crippen molar-refractivity contribution in [3.8, 4) is 0 Å². The lowest BCUT2D eigenvalue weighted by Gasteiger charge is -2.29. The number of carbonyl (C=O) groups excluding carboxylic acids is 1. The molecule has 0 aromatic carbocycles. The van der Waals surface area contributed by atoms with E-state index in [1.165, 1.54) is 0 Å². The van der Waals surface area contributed by atoms with E-state index in [1.54, 1.807) is 17.9 Å². The fraction of sp³-hybridized carbons (Fsp3) is 0.625. The first-order chi connectivity index (χ1) is 11.7. The van der Waals surface area contributed by atoms with E-state index in [9.17, 15) is 14.1 Å². The van der Waals surface area contributed by atoms with Gasteiger partial charge in [0.1, 0.15) is 23.4 Å². The summed E-state index contributed by atoms with van der Waals surface area (Å²) in [7, 11) is -2.49. The van der Waals surface area contributed by atoms with Crippen LogP contribution in [0, 0.1) is 12.8 Å². The SMILES string of the molecule is C=S1(=O)CN=C(C2CC(O)CN2C(=O)C(c2cc(C)no2)C(C)C)N1. The number of rotatable bonds is 4. The van der Waals surface area contributed by atoms with Gasteiger partial charge in [-0.1, -0.05) is 19.0 Å². The van der Waals surface area contributed by atoms with E-state index in [-0.39, 0.29) is 24.2 Å². The van der Waals surface area contributed by atoms with Crippen molar-refractivity contribution in [1.82, 2.24) is 14.8 Å². The maximum Gasteiger partial charge on any atom is 0.234 e. The smallest absolute Gasteiger partial charge is 0.234 e. The summed E-state index contributed by atoms with van der Waals surface area (Å²) in [6.45, 7) is 5.89. The number of hydrogen-bond donors (Lipinski definition) is 2. The number of β-amino-alcohol motifs (C(OH)–C–C–N with tert-alkyl or cyclic N) is 1. The third-order valence-electron chi connectivity index (χ3n) is 4.50. The lowest BCUT2D eigenvalue weighted by molar-refractivity contribution is -0.134. The molecule has 1 aromatic heterocycles. The van der Waals surface area contributed by atoms with Crippen LogP contribution in [0.2, 0.25) is 0 Å². The zero-order chi connectivity index (χ0) is 18.4. The molecule has 0 saturated carbocycles. The molecule has 0 radical (unpaired) electrons. The molecule has 3 rings (SSSR count). The third-order valence-corrected chi connectivity index (χ3v) is 5.62. The molecule has 4 unspecified atom stereocenters. The van der Waals surface area contributed by atoms with E-state index in [2.05, 4.69) is 20.7 Å². The summed E-state index contributed by atoms with van der Waals surface area (Å²) in [5.74, 6) is 4.01. The molecule has 0 spiro atoms. The van der Waals surface area contributed by atoms with Gasteiger partial charge in [-0.05, 0) is 18.7 Å². The summed E-state index contributed by atoms with van der Waals surface area (Å²) >= 11 is 0. The number of amides is 1. The molecule has 138 valence electrons. The number of hydrogen-bond acceptors (Lipinski definition) is 6. The van der Waals surface area contributed by atoms with Crippen molar-refractivity contribution < 1.29 is 18.6 Å². The van der Waals surface area contributed by atoms with Gasteiger partial charge in [0, 0.05) is 19.0 Å². The molecule has 25 heavy (non-hydrogen) atoms. The number of aromatic nitrogens is 1. The fourth-order valence-electron chi connectivity index (χ4n) is 3.36. The molecule has 2 aliphatic rings. The minimum Gasteiger partial charge on any atom is -0.391 e. The number of nitrogens with zero attached hydrogens (tertiary/aromatic N) is 3. The molecule has 9 heteroatoms. The zero-order valence-corrected chi connectivity index (χ0v) is 15.5. The molecule has 1 saturated heterocycles. The summed E-state index contributed by atoms with van der Waals surface area (Å²) in [5, 5.41) is 14.0. The van der Waals surface area contributed by atoms with E-state index in [0.717, 1.165) is 0 Å². The molecule has 2 aliphatic heterocycles. The molecule has 1 amide bonds. The Balaban J connectivity index is 1.88. The highest BCUT2D eigenvalue weighted by Gasteiger charge is 2.43. The molecular weight excluding hydrogens is 344 g/mol. The normalized spacial score (nSPS) is 30.4. The van der Waals surface area contributed by atoms with E-state index in [4.69, 9.17) is 4.52 Å². The number of nitrogens with one attached hydrogen (secondary N) is 1. The minimum atomic E-state index is -2.49. The van der Waals surface area contributed by atoms with Crippen LogP contribution in [-0.2, 0) is 14.5 Å². The van der Waals surface area contributed by atoms with Crippen LogP contribution in [0.4, 0.5) is 0 Å². The minimum absolute atomic E-state index is 0.00575. The second kappa shape index (κ2) is 6.45. The van der Waals surface area contributed by atoms with Crippen LogP contribution in [-0.4, -0.2) is 61.6 Å². The van der Waals surface area contributed by atoms with Crippen LogP contribution in [0.25, 0.3) is 0 Å². The number of likely N-dealkylation sites (tertiary alicyclic amines) is 1. The van der Waals surface area contributed by atoms with Crippen molar-refractivity contribution in [3.63, 3.8) is 0 Å². The van der Waals surface area contributed by atoms with Gasteiger partial charge in [0.25, 0.3) is 0 Å². The average molecular weight is 368 g/mol. The topological polar surface area (TPSA) is 108 Å². The maximum atomic E-state index is 13.2. The van der Waals surface area contributed by atoms with Crippen LogP contribution in [0.1, 0.15) is 37.6 Å². The Morgan fingerprint density at radius 3 is 2.80 bits per heavy atom. The third kappa shape index (κ3) is 3.57. The van der Waals surface area contributed by atoms with Crippen molar-refractivity contribution >= 4 is 27.3 Å². The number of aliphatic imine (C=N–C) groups is 1. The van der Waals surface area contributed by atoms with Gasteiger partial charge in [-0.15, -0.1) is 0 Å². The fourth-order valence-corrected chi connectivity index (χ4v) is 4.36. The zero-order valence-electron chi connectivity index (χ0n) is 14.6. The van der Waals surface area contributed by atoms with E-state index in [1.807, 2.05) is 13.8 Å². The van der Waals surface area contributed by atoms with Crippen molar-refractivity contribution in [2.45, 2.75) is 45.3 Å². The summed E-state index contributed by atoms with van der Waals surface area (Å²) in [4.78, 5) is 19.1. The van der Waals surface area contributed by atoms with Gasteiger partial charge in [-0.3, -0.25) is 14.5 Å². The highest BCUT2D eigenvalue weighted by molar-refractivity contribution is 7.99. The Morgan fingerprint density at radius 1 is 1.56 bits per heavy atom. The molecule has 3 heterocycles. The van der Waals surface area contributed by atoms with Crippen molar-refractivity contribution in [2.75, 3.05) is 12.4 Å². The Hall–Kier alpha value is -1.87. The summed E-state index contributed by atoms with van der Waals surface area (Å²) in [6, 6.07) is 1.33. The summed E-state index contributed by atoms with van der Waals surface area (Å²) < 4.78 is 20.2. The van der Waals surface area contributed by atoms with Crippen molar-refractivity contribution in [3.05, 3.63) is 17.5 Å². The molecule has 2 N–H and O–H groups in total. The van der Waals surface area contributed by atoms with Crippen LogP contribution >= 0.6 is 0 Å². The van der Waals surface area contributed by atoms with Gasteiger partial charge in [-0.25, -0.2) is 4.21 Å². The largest absolute Gasteiger partial charge is 0.391 e. The van der Waals surface area contributed by atoms with Gasteiger partial charge in [-0.2, -0.15) is 0 Å². The molecule has 4 atom stereocenters. The molecule has 8 nitrogen and oxygen atoms in total. The molecule has 0 aliphatic carbocycles. The highest BCUT2D eigenvalue weighted by atomic mass is 32.2. The van der Waals surface area contributed by atoms with Gasteiger partial charge in [0.05, 0.1) is 27.5 Å². The summed E-state index contributed by atoms with van der Waals surface area (Å²) in [6.07, 6.45) is -0.294. The standard InChI is InChI=1S/C16H24N4O4S/c1-9(2)14(13-5-10(3)18-24-13)16(22)20-7-11(21)6-12(20)15-17-8-25(4,23)19-15/h5,9,11-12,14,21H,4,6-8H2,1-3H3,(H,17,19,23). The average Bonchev–Trinajstić information content (AvgIpc) is 3.18. The Labute approximate surface area is 147 Å². The number of aliphatic hydroxyl groups is 1. The second-order valence-electron chi connectivity index (χ2n) is 7.07. The van der Waals surface area contributed by atoms with Gasteiger partial charge in [0.15, 0.2) is 0 Å². The van der Waals surface area contributed by atoms with Crippen molar-refractivity contribution in [2.24, 2.45) is 10.9 Å². The Bertz CT molecular complexity index is 799. The van der Waals surface area contributed by atoms with Crippen LogP contribution in [0.3, 0.4) is 0 Å². The Kier molecular flexibility index (Phi) is 4.63. The molecular formula is C16H24N4O4S. The van der Waals surface area contributed by atoms with Crippen LogP contribution in [0.15, 0.2) is 15.6 Å². The van der Waals surface area contributed by atoms with Crippen molar-refractivity contribution in [1.29, 1.82) is 0 Å². The predicted molar refractivity (Wildman–Crippen MR) is 95.6 cm³/mol. The number of amidine groups is 1. The molecule has 0 bridgehead atoms. The maximum absolute atomic E-state index is 13.2. The molecule has 1 aromatic rings. The lowest BCUT2D eigenvalue weighted by atomic mass is 9.91. The highest BCUT2D eigenvalue weighted by Crippen LogP contribution is 2.31. The first kappa shape index (κ1) is 17.9. The number of carbonyl (C=O) groups is 1. The lowest BCUT2D eigenvalue weighted by Crippen LogP contribution is -2.47. The summed E-state index contributed by atoms with van der Waals surface area (Å²) in [5.41, 5.74) is 0.713. The predicted octanol–water partition coefficient (Wildman–Crippen LogP) is 0.275. The van der Waals surface area contributed by atoms with E-state index >= 15 is 0 Å². The number of aryl methyl sites for hydroxylation is 1. The number of aliphatic hydroxyl groups excluding tert-OH is 1. The van der Waals surface area contributed by atoms with E-state index in [0.29, 0.717) is 23.7 Å². The van der Waals surface area contributed by atoms with Gasteiger partial charge in [0.2, 0.25) is 5.91 Å². The first-order valence-electron chi connectivity index (χ1n) is 8.26. The molecule has 1 fully saturated rings.